The lowest BCUT2D eigenvalue weighted by molar-refractivity contribution is -0.0310. The maximum Gasteiger partial charge on any atom is 0.244 e. The van der Waals surface area contributed by atoms with Gasteiger partial charge in [0, 0.05) is 26.2 Å². The summed E-state index contributed by atoms with van der Waals surface area (Å²) >= 11 is 0. The molecule has 0 radical (unpaired) electrons. The molecule has 3 aliphatic heterocycles. The van der Waals surface area contributed by atoms with Crippen molar-refractivity contribution in [1.82, 2.24) is 9.29 Å². The van der Waals surface area contributed by atoms with Gasteiger partial charge in [0.2, 0.25) is 15.9 Å². The van der Waals surface area contributed by atoms with Crippen molar-refractivity contribution in [1.29, 1.82) is 0 Å². The van der Waals surface area contributed by atoms with E-state index in [1.165, 1.54) is 10.5 Å². The molecule has 1 aromatic heterocycles. The van der Waals surface area contributed by atoms with Crippen molar-refractivity contribution in [2.24, 2.45) is 5.73 Å². The topological polar surface area (TPSA) is 98.0 Å². The number of aromatic nitrogens is 1. The average molecular weight is 368 g/mol. The molecule has 2 fully saturated rings. The summed E-state index contributed by atoms with van der Waals surface area (Å²) in [5.41, 5.74) is 6.42. The SMILES string of the molecule is CN1CCOc2ncc(S(=O)(=O)N3CCC4(CC3)C[C@@H](N)CO4)cc21. The van der Waals surface area contributed by atoms with E-state index in [1.807, 2.05) is 11.9 Å². The third-order valence-electron chi connectivity index (χ3n) is 5.39. The highest BCUT2D eigenvalue weighted by Crippen LogP contribution is 2.37. The number of pyridine rings is 1. The van der Waals surface area contributed by atoms with Crippen molar-refractivity contribution in [3.63, 3.8) is 0 Å². The molecule has 2 N–H and O–H groups in total. The predicted octanol–water partition coefficient (Wildman–Crippen LogP) is 0.181. The molecule has 4 rings (SSSR count). The molecule has 0 unspecified atom stereocenters. The van der Waals surface area contributed by atoms with Crippen LogP contribution in [0.1, 0.15) is 19.3 Å². The molecular formula is C16H24N4O4S. The number of piperidine rings is 1. The normalized spacial score (nSPS) is 26.5. The summed E-state index contributed by atoms with van der Waals surface area (Å²) in [5, 5.41) is 0. The number of rotatable bonds is 2. The molecule has 1 spiro atoms. The second-order valence-corrected chi connectivity index (χ2v) is 9.07. The van der Waals surface area contributed by atoms with Crippen molar-refractivity contribution >= 4 is 15.7 Å². The third kappa shape index (κ3) is 2.99. The number of nitrogens with zero attached hydrogens (tertiary/aromatic N) is 3. The average Bonchev–Trinajstić information content (AvgIpc) is 2.95. The number of likely N-dealkylation sites (N-methyl/N-ethyl adjacent to an activating group) is 1. The summed E-state index contributed by atoms with van der Waals surface area (Å²) in [5.74, 6) is 0.485. The molecular weight excluding hydrogens is 344 g/mol. The summed E-state index contributed by atoms with van der Waals surface area (Å²) in [6.07, 6.45) is 3.56. The smallest absolute Gasteiger partial charge is 0.244 e. The van der Waals surface area contributed by atoms with Gasteiger partial charge >= 0.3 is 0 Å². The van der Waals surface area contributed by atoms with Gasteiger partial charge in [-0.15, -0.1) is 0 Å². The van der Waals surface area contributed by atoms with Gasteiger partial charge in [0.05, 0.1) is 24.9 Å². The second kappa shape index (κ2) is 6.08. The molecule has 3 aliphatic rings. The van der Waals surface area contributed by atoms with Gasteiger partial charge in [0.25, 0.3) is 0 Å². The Morgan fingerprint density at radius 2 is 2.08 bits per heavy atom. The molecule has 9 heteroatoms. The molecule has 2 saturated heterocycles. The Bertz CT molecular complexity index is 761. The van der Waals surface area contributed by atoms with Gasteiger partial charge in [-0.1, -0.05) is 0 Å². The van der Waals surface area contributed by atoms with E-state index in [2.05, 4.69) is 4.98 Å². The van der Waals surface area contributed by atoms with Gasteiger partial charge in [-0.05, 0) is 25.3 Å². The fourth-order valence-electron chi connectivity index (χ4n) is 3.86. The number of hydrogen-bond acceptors (Lipinski definition) is 7. The van der Waals surface area contributed by atoms with Gasteiger partial charge in [-0.3, -0.25) is 0 Å². The van der Waals surface area contributed by atoms with Crippen LogP contribution in [0.4, 0.5) is 5.69 Å². The lowest BCUT2D eigenvalue weighted by atomic mass is 9.88. The molecule has 1 atom stereocenters. The van der Waals surface area contributed by atoms with Crippen LogP contribution in [-0.2, 0) is 14.8 Å². The Balaban J connectivity index is 1.54. The second-order valence-electron chi connectivity index (χ2n) is 7.13. The highest BCUT2D eigenvalue weighted by molar-refractivity contribution is 7.89. The van der Waals surface area contributed by atoms with Crippen LogP contribution in [0.2, 0.25) is 0 Å². The van der Waals surface area contributed by atoms with Crippen molar-refractivity contribution in [3.8, 4) is 5.88 Å². The van der Waals surface area contributed by atoms with E-state index >= 15 is 0 Å². The van der Waals surface area contributed by atoms with Gasteiger partial charge in [0.15, 0.2) is 0 Å². The Kier molecular flexibility index (Phi) is 4.14. The maximum atomic E-state index is 13.0. The fourth-order valence-corrected chi connectivity index (χ4v) is 5.27. The van der Waals surface area contributed by atoms with E-state index in [-0.39, 0.29) is 16.5 Å². The lowest BCUT2D eigenvalue weighted by Gasteiger charge is -2.38. The Morgan fingerprint density at radius 3 is 2.76 bits per heavy atom. The molecule has 0 aliphatic carbocycles. The summed E-state index contributed by atoms with van der Waals surface area (Å²) in [4.78, 5) is 6.37. The number of sulfonamides is 1. The first-order valence-corrected chi connectivity index (χ1v) is 10.1. The van der Waals surface area contributed by atoms with Crippen LogP contribution < -0.4 is 15.4 Å². The molecule has 0 bridgehead atoms. The number of nitrogens with two attached hydrogens (primary N) is 1. The van der Waals surface area contributed by atoms with Crippen molar-refractivity contribution in [3.05, 3.63) is 12.3 Å². The van der Waals surface area contributed by atoms with E-state index < -0.39 is 10.0 Å². The number of anilines is 1. The van der Waals surface area contributed by atoms with E-state index in [4.69, 9.17) is 15.2 Å². The largest absolute Gasteiger partial charge is 0.474 e. The van der Waals surface area contributed by atoms with Crippen molar-refractivity contribution < 1.29 is 17.9 Å². The summed E-state index contributed by atoms with van der Waals surface area (Å²) in [6.45, 7) is 2.71. The van der Waals surface area contributed by atoms with Gasteiger partial charge in [-0.2, -0.15) is 4.31 Å². The van der Waals surface area contributed by atoms with Crippen molar-refractivity contribution in [2.75, 3.05) is 44.8 Å². The first-order valence-electron chi connectivity index (χ1n) is 8.63. The monoisotopic (exact) mass is 368 g/mol. The van der Waals surface area contributed by atoms with Gasteiger partial charge in [-0.25, -0.2) is 13.4 Å². The Hall–Kier alpha value is -1.42. The standard InChI is InChI=1S/C16H24N4O4S/c1-19-6-7-23-15-14(19)8-13(10-18-15)25(21,22)20-4-2-16(3-5-20)9-12(17)11-24-16/h8,10,12H,2-7,9,11,17H2,1H3/t12-/m1/s1. The number of fused-ring (bicyclic) bond motifs is 1. The summed E-state index contributed by atoms with van der Waals surface area (Å²) < 4.78 is 38.9. The Morgan fingerprint density at radius 1 is 1.32 bits per heavy atom. The van der Waals surface area contributed by atoms with Crippen LogP contribution in [-0.4, -0.2) is 69.2 Å². The zero-order valence-electron chi connectivity index (χ0n) is 14.3. The van der Waals surface area contributed by atoms with Gasteiger partial charge < -0.3 is 20.1 Å². The van der Waals surface area contributed by atoms with Crippen LogP contribution in [0, 0.1) is 0 Å². The molecule has 0 aromatic carbocycles. The molecule has 4 heterocycles. The van der Waals surface area contributed by atoms with Crippen LogP contribution in [0.3, 0.4) is 0 Å². The zero-order valence-corrected chi connectivity index (χ0v) is 15.2. The molecule has 8 nitrogen and oxygen atoms in total. The highest BCUT2D eigenvalue weighted by atomic mass is 32.2. The fraction of sp³-hybridized carbons (Fsp3) is 0.688. The molecule has 1 aromatic rings. The summed E-state index contributed by atoms with van der Waals surface area (Å²) in [6, 6.07) is 1.71. The Labute approximate surface area is 147 Å². The number of hydrogen-bond donors (Lipinski definition) is 1. The first-order chi connectivity index (χ1) is 11.9. The van der Waals surface area contributed by atoms with Crippen LogP contribution in [0.15, 0.2) is 17.2 Å². The molecule has 0 saturated carbocycles. The van der Waals surface area contributed by atoms with Crippen LogP contribution in [0.5, 0.6) is 5.88 Å². The summed E-state index contributed by atoms with van der Waals surface area (Å²) in [7, 11) is -1.67. The minimum atomic E-state index is -3.58. The van der Waals surface area contributed by atoms with Crippen LogP contribution in [0.25, 0.3) is 0 Å². The minimum Gasteiger partial charge on any atom is -0.474 e. The third-order valence-corrected chi connectivity index (χ3v) is 7.26. The number of ether oxygens (including phenoxy) is 2. The van der Waals surface area contributed by atoms with E-state index in [9.17, 15) is 8.42 Å². The van der Waals surface area contributed by atoms with E-state index in [0.29, 0.717) is 57.3 Å². The minimum absolute atomic E-state index is 0.0588. The zero-order chi connectivity index (χ0) is 17.7. The van der Waals surface area contributed by atoms with E-state index in [1.54, 1.807) is 6.07 Å². The highest BCUT2D eigenvalue weighted by Gasteiger charge is 2.44. The molecule has 25 heavy (non-hydrogen) atoms. The predicted molar refractivity (Wildman–Crippen MR) is 92.3 cm³/mol. The molecule has 0 amide bonds. The van der Waals surface area contributed by atoms with Crippen LogP contribution >= 0.6 is 0 Å². The quantitative estimate of drug-likeness (QED) is 0.795. The van der Waals surface area contributed by atoms with Gasteiger partial charge in [0.1, 0.15) is 17.2 Å². The van der Waals surface area contributed by atoms with E-state index in [0.717, 1.165) is 6.42 Å². The lowest BCUT2D eigenvalue weighted by Crippen LogP contribution is -2.46. The van der Waals surface area contributed by atoms with Crippen molar-refractivity contribution in [2.45, 2.75) is 35.8 Å². The molecule has 138 valence electrons. The maximum absolute atomic E-state index is 13.0. The first kappa shape index (κ1) is 17.0.